The Morgan fingerprint density at radius 1 is 1.62 bits per heavy atom. The van der Waals surface area contributed by atoms with Crippen LogP contribution in [0, 0.1) is 6.92 Å². The Morgan fingerprint density at radius 3 is 2.77 bits per heavy atom. The third kappa shape index (κ3) is 4.35. The van der Waals surface area contributed by atoms with E-state index in [0.29, 0.717) is 6.42 Å². The van der Waals surface area contributed by atoms with Gasteiger partial charge in [0, 0.05) is 11.8 Å². The van der Waals surface area contributed by atoms with E-state index in [0.717, 1.165) is 17.0 Å². The summed E-state index contributed by atoms with van der Waals surface area (Å²) in [7, 11) is -3.31. The van der Waals surface area contributed by atoms with E-state index >= 15 is 0 Å². The molecule has 0 radical (unpaired) electrons. The topological polar surface area (TPSA) is 56.3 Å². The largest absolute Gasteiger partial charge is 0.270 e. The van der Waals surface area contributed by atoms with E-state index in [9.17, 15) is 8.42 Å². The number of hydrogen-bond donors (Lipinski definition) is 0. The molecular formula is C7H11NO3S2. The fourth-order valence-electron chi connectivity index (χ4n) is 0.821. The summed E-state index contributed by atoms with van der Waals surface area (Å²) in [5, 5.41) is 2.88. The summed E-state index contributed by atoms with van der Waals surface area (Å²) in [6, 6.07) is 0. The Morgan fingerprint density at radius 2 is 2.31 bits per heavy atom. The number of thiazole rings is 1. The Hall–Kier alpha value is -0.460. The lowest BCUT2D eigenvalue weighted by atomic mass is 10.4. The maximum atomic E-state index is 10.6. The molecule has 0 aliphatic rings. The monoisotopic (exact) mass is 221 g/mol. The van der Waals surface area contributed by atoms with Gasteiger partial charge in [-0.1, -0.05) is 0 Å². The molecule has 0 amide bonds. The zero-order chi connectivity index (χ0) is 9.90. The quantitative estimate of drug-likeness (QED) is 0.711. The van der Waals surface area contributed by atoms with Crippen LogP contribution in [0.15, 0.2) is 5.38 Å². The molecule has 0 saturated carbocycles. The fourth-order valence-corrected chi connectivity index (χ4v) is 1.85. The van der Waals surface area contributed by atoms with Crippen molar-refractivity contribution in [1.82, 2.24) is 4.98 Å². The molecule has 0 aromatic carbocycles. The second kappa shape index (κ2) is 4.17. The molecule has 1 aromatic rings. The molecule has 0 bridgehead atoms. The predicted octanol–water partition coefficient (Wildman–Crippen LogP) is 0.970. The smallest absolute Gasteiger partial charge is 0.264 e. The predicted molar refractivity (Wildman–Crippen MR) is 51.4 cm³/mol. The summed E-state index contributed by atoms with van der Waals surface area (Å²) in [5.74, 6) is 0. The minimum atomic E-state index is -3.31. The van der Waals surface area contributed by atoms with Crippen LogP contribution in [-0.4, -0.2) is 26.3 Å². The summed E-state index contributed by atoms with van der Waals surface area (Å²) in [6.07, 6.45) is 1.58. The van der Waals surface area contributed by atoms with Gasteiger partial charge < -0.3 is 0 Å². The summed E-state index contributed by atoms with van der Waals surface area (Å²) in [6.45, 7) is 2.08. The molecule has 0 aliphatic heterocycles. The van der Waals surface area contributed by atoms with Crippen LogP contribution >= 0.6 is 11.3 Å². The Kier molecular flexibility index (Phi) is 3.40. The van der Waals surface area contributed by atoms with Crippen molar-refractivity contribution < 1.29 is 12.6 Å². The van der Waals surface area contributed by atoms with Crippen LogP contribution < -0.4 is 0 Å². The van der Waals surface area contributed by atoms with Crippen LogP contribution in [0.1, 0.15) is 10.7 Å². The third-order valence-electron chi connectivity index (χ3n) is 1.32. The summed E-state index contributed by atoms with van der Waals surface area (Å²) < 4.78 is 25.8. The van der Waals surface area contributed by atoms with E-state index in [4.69, 9.17) is 0 Å². The highest BCUT2D eigenvalue weighted by Crippen LogP contribution is 2.08. The van der Waals surface area contributed by atoms with E-state index in [1.807, 2.05) is 12.3 Å². The summed E-state index contributed by atoms with van der Waals surface area (Å²) >= 11 is 1.55. The maximum absolute atomic E-state index is 10.6. The van der Waals surface area contributed by atoms with Gasteiger partial charge in [0.2, 0.25) is 0 Å². The molecule has 0 spiro atoms. The molecule has 0 saturated heterocycles. The highest BCUT2D eigenvalue weighted by molar-refractivity contribution is 7.85. The highest BCUT2D eigenvalue weighted by atomic mass is 32.2. The van der Waals surface area contributed by atoms with Gasteiger partial charge in [-0.05, 0) is 6.92 Å². The van der Waals surface area contributed by atoms with E-state index < -0.39 is 10.1 Å². The molecule has 13 heavy (non-hydrogen) atoms. The number of aromatic nitrogens is 1. The van der Waals surface area contributed by atoms with Gasteiger partial charge >= 0.3 is 0 Å². The van der Waals surface area contributed by atoms with Crippen molar-refractivity contribution in [2.24, 2.45) is 0 Å². The van der Waals surface area contributed by atoms with Gasteiger partial charge in [0.1, 0.15) is 0 Å². The van der Waals surface area contributed by atoms with Gasteiger partial charge in [-0.15, -0.1) is 11.3 Å². The molecule has 4 nitrogen and oxygen atoms in total. The zero-order valence-corrected chi connectivity index (χ0v) is 9.11. The molecule has 6 heteroatoms. The molecule has 0 fully saturated rings. The molecule has 0 unspecified atom stereocenters. The van der Waals surface area contributed by atoms with Gasteiger partial charge in [-0.25, -0.2) is 4.98 Å². The van der Waals surface area contributed by atoms with E-state index in [1.165, 1.54) is 0 Å². The second-order valence-corrected chi connectivity index (χ2v) is 5.34. The number of rotatable bonds is 4. The van der Waals surface area contributed by atoms with Crippen molar-refractivity contribution in [2.45, 2.75) is 13.3 Å². The van der Waals surface area contributed by atoms with Crippen LogP contribution in [0.5, 0.6) is 0 Å². The lowest BCUT2D eigenvalue weighted by Gasteiger charge is -1.97. The van der Waals surface area contributed by atoms with Gasteiger partial charge in [-0.2, -0.15) is 8.42 Å². The first-order chi connectivity index (χ1) is 5.97. The van der Waals surface area contributed by atoms with E-state index in [-0.39, 0.29) is 6.61 Å². The van der Waals surface area contributed by atoms with Gasteiger partial charge in [-0.3, -0.25) is 4.18 Å². The average Bonchev–Trinajstić information content (AvgIpc) is 2.33. The standard InChI is InChI=1S/C7H11NO3S2/c1-6-8-7(5-12-6)3-4-11-13(2,9)10/h5H,3-4H2,1-2H3. The first-order valence-electron chi connectivity index (χ1n) is 3.73. The lowest BCUT2D eigenvalue weighted by Crippen LogP contribution is -2.06. The van der Waals surface area contributed by atoms with Crippen LogP contribution in [0.2, 0.25) is 0 Å². The number of aryl methyl sites for hydroxylation is 1. The van der Waals surface area contributed by atoms with Crippen LogP contribution in [-0.2, 0) is 20.7 Å². The molecule has 74 valence electrons. The van der Waals surface area contributed by atoms with E-state index in [1.54, 1.807) is 11.3 Å². The first-order valence-corrected chi connectivity index (χ1v) is 6.42. The van der Waals surface area contributed by atoms with E-state index in [2.05, 4.69) is 9.17 Å². The minimum Gasteiger partial charge on any atom is -0.270 e. The SMILES string of the molecule is Cc1nc(CCOS(C)(=O)=O)cs1. The molecule has 1 heterocycles. The third-order valence-corrected chi connectivity index (χ3v) is 2.74. The molecule has 0 N–H and O–H groups in total. The first kappa shape index (κ1) is 10.6. The lowest BCUT2D eigenvalue weighted by molar-refractivity contribution is 0.325. The highest BCUT2D eigenvalue weighted by Gasteiger charge is 2.03. The molecule has 0 aliphatic carbocycles. The molecule has 0 atom stereocenters. The molecular weight excluding hydrogens is 210 g/mol. The molecule has 1 rings (SSSR count). The Bertz CT molecular complexity index is 369. The fraction of sp³-hybridized carbons (Fsp3) is 0.571. The van der Waals surface area contributed by atoms with Crippen molar-refractivity contribution in [1.29, 1.82) is 0 Å². The van der Waals surface area contributed by atoms with Crippen molar-refractivity contribution >= 4 is 21.5 Å². The van der Waals surface area contributed by atoms with Gasteiger partial charge in [0.15, 0.2) is 0 Å². The number of nitrogens with zero attached hydrogens (tertiary/aromatic N) is 1. The van der Waals surface area contributed by atoms with Gasteiger partial charge in [0.25, 0.3) is 10.1 Å². The number of hydrogen-bond acceptors (Lipinski definition) is 5. The molecule has 1 aromatic heterocycles. The summed E-state index contributed by atoms with van der Waals surface area (Å²) in [5.41, 5.74) is 0.881. The van der Waals surface area contributed by atoms with Crippen molar-refractivity contribution in [3.63, 3.8) is 0 Å². The summed E-state index contributed by atoms with van der Waals surface area (Å²) in [4.78, 5) is 4.17. The normalized spacial score (nSPS) is 11.8. The second-order valence-electron chi connectivity index (χ2n) is 2.63. The van der Waals surface area contributed by atoms with Crippen molar-refractivity contribution in [2.75, 3.05) is 12.9 Å². The van der Waals surface area contributed by atoms with Crippen molar-refractivity contribution in [3.8, 4) is 0 Å². The van der Waals surface area contributed by atoms with Crippen LogP contribution in [0.4, 0.5) is 0 Å². The zero-order valence-electron chi connectivity index (χ0n) is 7.48. The average molecular weight is 221 g/mol. The van der Waals surface area contributed by atoms with Crippen molar-refractivity contribution in [3.05, 3.63) is 16.1 Å². The van der Waals surface area contributed by atoms with Gasteiger partial charge in [0.05, 0.1) is 23.6 Å². The van der Waals surface area contributed by atoms with Crippen LogP contribution in [0.25, 0.3) is 0 Å². The minimum absolute atomic E-state index is 0.169. The Balaban J connectivity index is 2.36. The van der Waals surface area contributed by atoms with Crippen LogP contribution in [0.3, 0.4) is 0 Å². The Labute approximate surface area is 81.7 Å². The maximum Gasteiger partial charge on any atom is 0.264 e.